The Kier molecular flexibility index (Phi) is 33.8. The molecule has 0 radical (unpaired) electrons. The number of thiocarbonyl (C=S) groups is 1. The van der Waals surface area contributed by atoms with E-state index in [0.29, 0.717) is 37.7 Å². The average molecular weight is 1040 g/mol. The number of ether oxygens (including phenoxy) is 1. The van der Waals surface area contributed by atoms with Crippen LogP contribution in [0.2, 0.25) is 0 Å². The SMILES string of the molecule is C.CC(=O)C[C@H](CCCCCCC(=O)O)c1cnc(C)nc1.CC(C)(C)OC(=O)N1CCCCN=C1N.Cc1ncc([C@@H](CCCCCCC(=O)NC2=NCCCCN2)CC(=O)O)cn1.S=C1NCCCCN1. The maximum atomic E-state index is 12.0. The van der Waals surface area contributed by atoms with Crippen LogP contribution >= 0.6 is 12.2 Å². The Morgan fingerprint density at radius 2 is 1.18 bits per heavy atom. The number of Topliss-reactive ketones (excluding diaryl/α,β-unsaturated/α-hetero) is 1. The maximum absolute atomic E-state index is 12.0. The summed E-state index contributed by atoms with van der Waals surface area (Å²) in [5.41, 5.74) is 7.07. The van der Waals surface area contributed by atoms with Crippen molar-refractivity contribution in [2.45, 2.75) is 195 Å². The molecular formula is C52H88N12O8S. The Bertz CT molecular complexity index is 1990. The van der Waals surface area contributed by atoms with Crippen LogP contribution in [0.1, 0.15) is 198 Å². The average Bonchev–Trinajstić information content (AvgIpc) is 3.82. The van der Waals surface area contributed by atoms with Crippen molar-refractivity contribution in [2.75, 3.05) is 39.3 Å². The number of aliphatic imine (C=N–C) groups is 2. The predicted octanol–water partition coefficient (Wildman–Crippen LogP) is 8.02. The number of aryl methyl sites for hydroxylation is 2. The third-order valence-corrected chi connectivity index (χ3v) is 11.7. The zero-order valence-corrected chi connectivity index (χ0v) is 44.6. The van der Waals surface area contributed by atoms with Crippen LogP contribution in [-0.2, 0) is 23.9 Å². The quantitative estimate of drug-likeness (QED) is 0.0488. The standard InChI is InChI=1S/C20H31N5O3.C16H24N2O3.C10H19N3O2.C5H10N2S.CH4/c1-15-23-13-17(14-24-15)16(12-19(27)28)8-4-2-3-5-9-18(26)25-20-21-10-6-7-11-22-20;1-12(19)9-14(15-10-17-13(2)18-11-15)7-5-3-4-6-8-16(20)21;1-10(2,3)15-9(14)13-7-5-4-6-12-8(13)11;8-5-6-3-1-2-4-7-5;/h13-14,16H,2-12H2,1H3,(H,27,28)(H2,21,22,25,26);10-11,14H,3-9H2,1-2H3,(H,20,21);4-7H2,1-3H3,(H2,11,12);1-4H2,(H2,6,7,8);1H4/t16-;14-;;;/m00.../s1. The lowest BCUT2D eigenvalue weighted by atomic mass is 9.90. The summed E-state index contributed by atoms with van der Waals surface area (Å²) in [6, 6.07) is 0. The summed E-state index contributed by atoms with van der Waals surface area (Å²) < 4.78 is 5.23. The number of nitrogens with zero attached hydrogens (tertiary/aromatic N) is 7. The number of unbranched alkanes of at least 4 members (excludes halogenated alkanes) is 6. The molecule has 5 heterocycles. The molecule has 0 spiro atoms. The second-order valence-corrected chi connectivity index (χ2v) is 19.6. The van der Waals surface area contributed by atoms with E-state index in [4.69, 9.17) is 32.9 Å². The first-order chi connectivity index (χ1) is 34.3. The maximum Gasteiger partial charge on any atom is 0.417 e. The van der Waals surface area contributed by atoms with Gasteiger partial charge in [0.1, 0.15) is 23.0 Å². The number of rotatable bonds is 20. The summed E-state index contributed by atoms with van der Waals surface area (Å²) >= 11 is 4.87. The van der Waals surface area contributed by atoms with Crippen molar-refractivity contribution in [1.82, 2.24) is 46.1 Å². The van der Waals surface area contributed by atoms with Gasteiger partial charge in [0.25, 0.3) is 0 Å². The molecule has 20 nitrogen and oxygen atoms in total. The number of carboxylic acid groups (broad SMARTS) is 2. The predicted molar refractivity (Wildman–Crippen MR) is 291 cm³/mol. The molecule has 2 aromatic rings. The van der Waals surface area contributed by atoms with Gasteiger partial charge in [-0.2, -0.15) is 0 Å². The number of hydrogen-bond acceptors (Lipinski definition) is 15. The number of ketones is 1. The number of guanidine groups is 2. The van der Waals surface area contributed by atoms with Crippen LogP contribution in [0.15, 0.2) is 34.8 Å². The van der Waals surface area contributed by atoms with Crippen molar-refractivity contribution >= 4 is 59.0 Å². The molecule has 3 aliphatic heterocycles. The van der Waals surface area contributed by atoms with Crippen molar-refractivity contribution in [2.24, 2.45) is 15.7 Å². The molecule has 8 N–H and O–H groups in total. The van der Waals surface area contributed by atoms with Gasteiger partial charge in [0.15, 0.2) is 11.1 Å². The third-order valence-electron chi connectivity index (χ3n) is 11.4. The van der Waals surface area contributed by atoms with E-state index < -0.39 is 23.6 Å². The number of carbonyl (C=O) groups is 5. The largest absolute Gasteiger partial charge is 0.481 e. The summed E-state index contributed by atoms with van der Waals surface area (Å²) in [4.78, 5) is 83.2. The third kappa shape index (κ3) is 32.8. The number of amides is 2. The highest BCUT2D eigenvalue weighted by molar-refractivity contribution is 7.80. The summed E-state index contributed by atoms with van der Waals surface area (Å²) in [7, 11) is 0. The Balaban J connectivity index is 0.000000522. The van der Waals surface area contributed by atoms with E-state index in [1.807, 2.05) is 34.6 Å². The first-order valence-corrected chi connectivity index (χ1v) is 26.1. The van der Waals surface area contributed by atoms with Crippen molar-refractivity contribution < 1.29 is 38.9 Å². The van der Waals surface area contributed by atoms with E-state index in [1.165, 1.54) is 17.7 Å². The second-order valence-electron chi connectivity index (χ2n) is 19.2. The summed E-state index contributed by atoms with van der Waals surface area (Å²) in [6.45, 7) is 15.7. The lowest BCUT2D eigenvalue weighted by Crippen LogP contribution is -2.44. The molecule has 21 heteroatoms. The van der Waals surface area contributed by atoms with E-state index in [9.17, 15) is 24.0 Å². The van der Waals surface area contributed by atoms with Gasteiger partial charge in [0, 0.05) is 83.3 Å². The molecule has 5 rings (SSSR count). The first-order valence-electron chi connectivity index (χ1n) is 25.7. The molecule has 1 saturated heterocycles. The molecule has 1 fully saturated rings. The number of nitrogens with two attached hydrogens (primary N) is 1. The van der Waals surface area contributed by atoms with Crippen molar-refractivity contribution in [1.29, 1.82) is 0 Å². The molecule has 0 saturated carbocycles. The van der Waals surface area contributed by atoms with Crippen LogP contribution in [0.25, 0.3) is 0 Å². The van der Waals surface area contributed by atoms with Crippen LogP contribution in [0.3, 0.4) is 0 Å². The zero-order chi connectivity index (χ0) is 53.2. The lowest BCUT2D eigenvalue weighted by molar-refractivity contribution is -0.138. The number of hydrogen-bond donors (Lipinski definition) is 7. The summed E-state index contributed by atoms with van der Waals surface area (Å²) in [5, 5.41) is 30.6. The number of carboxylic acids is 2. The molecule has 0 unspecified atom stereocenters. The normalized spacial score (nSPS) is 15.3. The molecule has 2 atom stereocenters. The molecule has 2 amide bonds. The second kappa shape index (κ2) is 37.8. The van der Waals surface area contributed by atoms with Gasteiger partial charge < -0.3 is 41.4 Å². The first kappa shape index (κ1) is 65.2. The number of aromatic nitrogens is 4. The highest BCUT2D eigenvalue weighted by Gasteiger charge is 2.25. The van der Waals surface area contributed by atoms with E-state index in [-0.39, 0.29) is 49.8 Å². The number of aliphatic carboxylic acids is 2. The van der Waals surface area contributed by atoms with Crippen LogP contribution in [0.5, 0.6) is 0 Å². The monoisotopic (exact) mass is 1040 g/mol. The van der Waals surface area contributed by atoms with E-state index in [1.54, 1.807) is 31.7 Å². The van der Waals surface area contributed by atoms with E-state index in [2.05, 4.69) is 51.2 Å². The minimum atomic E-state index is -0.808. The highest BCUT2D eigenvalue weighted by Crippen LogP contribution is 2.27. The molecule has 0 aliphatic carbocycles. The number of nitrogens with one attached hydrogen (secondary N) is 4. The Hall–Kier alpha value is -5.86. The Morgan fingerprint density at radius 1 is 0.699 bits per heavy atom. The molecule has 0 bridgehead atoms. The van der Waals surface area contributed by atoms with Gasteiger partial charge in [-0.15, -0.1) is 0 Å². The smallest absolute Gasteiger partial charge is 0.417 e. The summed E-state index contributed by atoms with van der Waals surface area (Å²) in [5.74, 6) is 0.998. The molecule has 410 valence electrons. The minimum Gasteiger partial charge on any atom is -0.481 e. The van der Waals surface area contributed by atoms with Gasteiger partial charge in [-0.3, -0.25) is 29.7 Å². The van der Waals surface area contributed by atoms with Crippen molar-refractivity contribution in [3.63, 3.8) is 0 Å². The molecule has 73 heavy (non-hydrogen) atoms. The van der Waals surface area contributed by atoms with Crippen LogP contribution in [-0.4, -0.2) is 127 Å². The van der Waals surface area contributed by atoms with Gasteiger partial charge >= 0.3 is 18.0 Å². The van der Waals surface area contributed by atoms with Gasteiger partial charge in [0.05, 0.1) is 6.42 Å². The Morgan fingerprint density at radius 3 is 1.70 bits per heavy atom. The van der Waals surface area contributed by atoms with Crippen LogP contribution in [0.4, 0.5) is 4.79 Å². The fourth-order valence-electron chi connectivity index (χ4n) is 7.57. The van der Waals surface area contributed by atoms with Gasteiger partial charge in [-0.05, 0) is 141 Å². The topological polar surface area (TPSA) is 289 Å². The summed E-state index contributed by atoms with van der Waals surface area (Å²) in [6.07, 6.45) is 23.4. The van der Waals surface area contributed by atoms with Gasteiger partial charge in [0.2, 0.25) is 11.9 Å². The molecule has 2 aromatic heterocycles. The van der Waals surface area contributed by atoms with Gasteiger partial charge in [-0.25, -0.2) is 29.6 Å². The highest BCUT2D eigenvalue weighted by atomic mass is 32.1. The fourth-order valence-corrected chi connectivity index (χ4v) is 7.77. The van der Waals surface area contributed by atoms with Crippen LogP contribution in [0, 0.1) is 13.8 Å². The van der Waals surface area contributed by atoms with Crippen LogP contribution < -0.4 is 27.0 Å². The van der Waals surface area contributed by atoms with E-state index >= 15 is 0 Å². The molecule has 0 aromatic carbocycles. The molecular weight excluding hydrogens is 953 g/mol. The zero-order valence-electron chi connectivity index (χ0n) is 43.8. The fraction of sp³-hybridized carbons (Fsp3) is 0.692. The molecule has 3 aliphatic rings. The lowest BCUT2D eigenvalue weighted by Gasteiger charge is -2.25. The minimum absolute atomic E-state index is 0. The van der Waals surface area contributed by atoms with Gasteiger partial charge in [-0.1, -0.05) is 46.0 Å². The number of carbonyl (C=O) groups excluding carboxylic acids is 3. The van der Waals surface area contributed by atoms with Crippen molar-refractivity contribution in [3.8, 4) is 0 Å². The Labute approximate surface area is 439 Å². The van der Waals surface area contributed by atoms with Crippen molar-refractivity contribution in [3.05, 3.63) is 47.6 Å². The van der Waals surface area contributed by atoms with E-state index in [0.717, 1.165) is 138 Å².